The predicted octanol–water partition coefficient (Wildman–Crippen LogP) is 5.62. The molecule has 4 aromatic heterocycles. The SMILES string of the molecule is CN(C)CCOc1cncc(-c2ccc3[nH]nc(-c4cc5c(-c6cc(O)cc(F)c6)cncc5[nH]4)c3c2)c1. The number of phenolic OH excluding ortho intramolecular Hbond substituents is 1. The zero-order chi connectivity index (χ0) is 26.2. The van der Waals surface area contributed by atoms with E-state index in [1.807, 2.05) is 44.6 Å². The zero-order valence-corrected chi connectivity index (χ0v) is 20.9. The van der Waals surface area contributed by atoms with Crippen molar-refractivity contribution in [2.75, 3.05) is 27.2 Å². The van der Waals surface area contributed by atoms with Crippen molar-refractivity contribution in [1.29, 1.82) is 0 Å². The fourth-order valence-corrected chi connectivity index (χ4v) is 4.54. The van der Waals surface area contributed by atoms with Crippen LogP contribution in [0, 0.1) is 5.82 Å². The maximum Gasteiger partial charge on any atom is 0.138 e. The van der Waals surface area contributed by atoms with Crippen LogP contribution in [-0.2, 0) is 0 Å². The standard InChI is InChI=1S/C29H25FN6O2/c1-36(2)5-6-38-22-9-19(13-31-14-22)17-3-4-26-24(10-17)29(35-34-26)27-12-23-25(15-32-16-28(23)33-27)18-7-20(30)11-21(37)8-18/h3-4,7-16,33,37H,5-6H2,1-2H3,(H,34,35). The number of hydrogen-bond donors (Lipinski definition) is 3. The number of phenols is 1. The highest BCUT2D eigenvalue weighted by Gasteiger charge is 2.15. The van der Waals surface area contributed by atoms with Crippen molar-refractivity contribution in [2.45, 2.75) is 0 Å². The maximum atomic E-state index is 14.0. The van der Waals surface area contributed by atoms with Crippen LogP contribution in [0.1, 0.15) is 0 Å². The molecule has 3 N–H and O–H groups in total. The van der Waals surface area contributed by atoms with E-state index < -0.39 is 5.82 Å². The maximum absolute atomic E-state index is 14.0. The summed E-state index contributed by atoms with van der Waals surface area (Å²) in [6.45, 7) is 1.40. The number of nitrogens with zero attached hydrogens (tertiary/aromatic N) is 4. The minimum atomic E-state index is -0.514. The number of halogens is 1. The van der Waals surface area contributed by atoms with Crippen LogP contribution in [0.5, 0.6) is 11.5 Å². The van der Waals surface area contributed by atoms with Crippen LogP contribution in [-0.4, -0.2) is 62.4 Å². The first-order chi connectivity index (χ1) is 18.4. The van der Waals surface area contributed by atoms with E-state index in [4.69, 9.17) is 4.74 Å². The Balaban J connectivity index is 1.38. The summed E-state index contributed by atoms with van der Waals surface area (Å²) in [5, 5.41) is 19.4. The number of aromatic hydroxyl groups is 1. The smallest absolute Gasteiger partial charge is 0.138 e. The second-order valence-corrected chi connectivity index (χ2v) is 9.42. The molecular formula is C29H25FN6O2. The van der Waals surface area contributed by atoms with E-state index in [0.717, 1.165) is 62.7 Å². The number of rotatable bonds is 7. The lowest BCUT2D eigenvalue weighted by molar-refractivity contribution is 0.261. The number of pyridine rings is 2. The molecule has 0 aliphatic heterocycles. The molecule has 190 valence electrons. The first-order valence-corrected chi connectivity index (χ1v) is 12.1. The molecule has 0 atom stereocenters. The second-order valence-electron chi connectivity index (χ2n) is 9.42. The molecule has 0 unspecified atom stereocenters. The summed E-state index contributed by atoms with van der Waals surface area (Å²) in [7, 11) is 4.01. The average Bonchev–Trinajstić information content (AvgIpc) is 3.51. The quantitative estimate of drug-likeness (QED) is 0.259. The van der Waals surface area contributed by atoms with E-state index in [0.29, 0.717) is 17.7 Å². The molecule has 0 spiro atoms. The largest absolute Gasteiger partial charge is 0.508 e. The second kappa shape index (κ2) is 9.60. The summed E-state index contributed by atoms with van der Waals surface area (Å²) in [5.74, 6) is 0.0661. The van der Waals surface area contributed by atoms with Gasteiger partial charge in [0.15, 0.2) is 0 Å². The highest BCUT2D eigenvalue weighted by molar-refractivity contribution is 6.01. The van der Waals surface area contributed by atoms with Gasteiger partial charge in [-0.3, -0.25) is 15.1 Å². The first-order valence-electron chi connectivity index (χ1n) is 12.1. The Morgan fingerprint density at radius 2 is 1.74 bits per heavy atom. The van der Waals surface area contributed by atoms with Crippen LogP contribution in [0.4, 0.5) is 4.39 Å². The Labute approximate surface area is 217 Å². The van der Waals surface area contributed by atoms with Crippen LogP contribution >= 0.6 is 0 Å². The van der Waals surface area contributed by atoms with Crippen LogP contribution in [0.2, 0.25) is 0 Å². The molecule has 9 heteroatoms. The number of aromatic nitrogens is 5. The Bertz CT molecular complexity index is 1750. The number of H-pyrrole nitrogens is 2. The van der Waals surface area contributed by atoms with Crippen molar-refractivity contribution in [1.82, 2.24) is 30.0 Å². The molecule has 0 saturated heterocycles. The Morgan fingerprint density at radius 1 is 0.868 bits per heavy atom. The Hall–Kier alpha value is -4.76. The molecule has 0 saturated carbocycles. The van der Waals surface area contributed by atoms with Crippen molar-refractivity contribution < 1.29 is 14.2 Å². The van der Waals surface area contributed by atoms with Crippen LogP contribution < -0.4 is 4.74 Å². The van der Waals surface area contributed by atoms with Gasteiger partial charge in [0.05, 0.1) is 29.1 Å². The summed E-state index contributed by atoms with van der Waals surface area (Å²) in [5.41, 5.74) is 6.38. The number of hydrogen-bond acceptors (Lipinski definition) is 6. The van der Waals surface area contributed by atoms with Crippen molar-refractivity contribution in [3.8, 4) is 45.1 Å². The number of ether oxygens (including phenoxy) is 1. The van der Waals surface area contributed by atoms with Gasteiger partial charge in [-0.2, -0.15) is 5.10 Å². The van der Waals surface area contributed by atoms with Crippen molar-refractivity contribution in [2.24, 2.45) is 0 Å². The van der Waals surface area contributed by atoms with Gasteiger partial charge >= 0.3 is 0 Å². The number of fused-ring (bicyclic) bond motifs is 2. The first kappa shape index (κ1) is 23.6. The molecule has 2 aromatic carbocycles. The number of aromatic amines is 2. The molecule has 0 radical (unpaired) electrons. The van der Waals surface area contributed by atoms with Gasteiger partial charge in [0.2, 0.25) is 0 Å². The minimum Gasteiger partial charge on any atom is -0.508 e. The van der Waals surface area contributed by atoms with E-state index in [9.17, 15) is 9.50 Å². The van der Waals surface area contributed by atoms with Crippen LogP contribution in [0.25, 0.3) is 55.4 Å². The molecule has 0 bridgehead atoms. The molecule has 0 amide bonds. The summed E-state index contributed by atoms with van der Waals surface area (Å²) < 4.78 is 19.9. The highest BCUT2D eigenvalue weighted by Crippen LogP contribution is 2.36. The number of likely N-dealkylation sites (N-methyl/N-ethyl adjacent to an activating group) is 1. The molecule has 4 heterocycles. The van der Waals surface area contributed by atoms with Crippen LogP contribution in [0.3, 0.4) is 0 Å². The van der Waals surface area contributed by atoms with Gasteiger partial charge < -0.3 is 19.7 Å². The van der Waals surface area contributed by atoms with Crippen molar-refractivity contribution in [3.05, 3.63) is 79.1 Å². The summed E-state index contributed by atoms with van der Waals surface area (Å²) >= 11 is 0. The van der Waals surface area contributed by atoms with E-state index in [-0.39, 0.29) is 5.75 Å². The average molecular weight is 509 g/mol. The predicted molar refractivity (Wildman–Crippen MR) is 146 cm³/mol. The molecule has 0 fully saturated rings. The van der Waals surface area contributed by atoms with Crippen LogP contribution in [0.15, 0.2) is 73.3 Å². The van der Waals surface area contributed by atoms with Gasteiger partial charge in [0.1, 0.15) is 29.6 Å². The van der Waals surface area contributed by atoms with E-state index in [2.05, 4.69) is 36.1 Å². The third kappa shape index (κ3) is 4.55. The molecule has 38 heavy (non-hydrogen) atoms. The van der Waals surface area contributed by atoms with Gasteiger partial charge in [-0.25, -0.2) is 4.39 Å². The lowest BCUT2D eigenvalue weighted by Crippen LogP contribution is -2.19. The molecule has 8 nitrogen and oxygen atoms in total. The van der Waals surface area contributed by atoms with Gasteiger partial charge in [-0.1, -0.05) is 6.07 Å². The number of nitrogens with one attached hydrogen (secondary N) is 2. The molecular weight excluding hydrogens is 483 g/mol. The van der Waals surface area contributed by atoms with Gasteiger partial charge in [0.25, 0.3) is 0 Å². The monoisotopic (exact) mass is 508 g/mol. The van der Waals surface area contributed by atoms with Crippen molar-refractivity contribution in [3.63, 3.8) is 0 Å². The van der Waals surface area contributed by atoms with E-state index >= 15 is 0 Å². The fourth-order valence-electron chi connectivity index (χ4n) is 4.54. The minimum absolute atomic E-state index is 0.139. The summed E-state index contributed by atoms with van der Waals surface area (Å²) in [4.78, 5) is 14.1. The topological polar surface area (TPSA) is 103 Å². The van der Waals surface area contributed by atoms with E-state index in [1.165, 1.54) is 12.1 Å². The molecule has 0 aliphatic carbocycles. The van der Waals surface area contributed by atoms with E-state index in [1.54, 1.807) is 18.6 Å². The van der Waals surface area contributed by atoms with Gasteiger partial charge in [-0.15, -0.1) is 0 Å². The van der Waals surface area contributed by atoms with Gasteiger partial charge in [-0.05, 0) is 61.6 Å². The zero-order valence-electron chi connectivity index (χ0n) is 20.9. The molecule has 6 aromatic rings. The summed E-state index contributed by atoms with van der Waals surface area (Å²) in [6, 6.07) is 14.0. The Morgan fingerprint density at radius 3 is 2.58 bits per heavy atom. The molecule has 6 rings (SSSR count). The third-order valence-electron chi connectivity index (χ3n) is 6.41. The van der Waals surface area contributed by atoms with Gasteiger partial charge in [0, 0.05) is 46.9 Å². The third-order valence-corrected chi connectivity index (χ3v) is 6.41. The lowest BCUT2D eigenvalue weighted by atomic mass is 10.0. The highest BCUT2D eigenvalue weighted by atomic mass is 19.1. The Kier molecular flexibility index (Phi) is 5.97. The normalized spacial score (nSPS) is 11.6. The fraction of sp³-hybridized carbons (Fsp3) is 0.138. The lowest BCUT2D eigenvalue weighted by Gasteiger charge is -2.11. The number of benzene rings is 2. The summed E-state index contributed by atoms with van der Waals surface area (Å²) in [6.07, 6.45) is 6.91. The molecule has 0 aliphatic rings. The van der Waals surface area contributed by atoms with Crippen molar-refractivity contribution >= 4 is 21.8 Å².